The molecule has 10 nitrogen and oxygen atoms in total. The van der Waals surface area contributed by atoms with Crippen molar-refractivity contribution in [2.24, 2.45) is 11.5 Å². The van der Waals surface area contributed by atoms with Gasteiger partial charge in [0.2, 0.25) is 11.8 Å². The van der Waals surface area contributed by atoms with Gasteiger partial charge >= 0.3 is 0 Å². The second-order valence-electron chi connectivity index (χ2n) is 21.4. The number of nitrogen functional groups attached to an aromatic ring is 1. The molecule has 4 aliphatic rings. The Balaban J connectivity index is 0.000000122. The van der Waals surface area contributed by atoms with Crippen LogP contribution in [0.15, 0.2) is 168 Å². The number of anilines is 1. The number of primary amides is 2. The molecule has 3 aliphatic carbocycles. The van der Waals surface area contributed by atoms with E-state index < -0.39 is 11.8 Å². The van der Waals surface area contributed by atoms with Gasteiger partial charge in [-0.15, -0.1) is 34.0 Å². The van der Waals surface area contributed by atoms with Crippen molar-refractivity contribution in [3.05, 3.63) is 229 Å². The number of fused-ring (bicyclic) bond motifs is 9. The number of rotatable bonds is 9. The minimum Gasteiger partial charge on any atom is -0.375 e. The van der Waals surface area contributed by atoms with E-state index in [0.29, 0.717) is 16.3 Å². The first-order valence-corrected chi connectivity index (χ1v) is 33.3. The van der Waals surface area contributed by atoms with Gasteiger partial charge in [-0.1, -0.05) is 115 Å². The smallest absolute Gasteiger partial charge is 0.249 e. The average molecular weight is 1490 g/mol. The Kier molecular flexibility index (Phi) is 16.2. The summed E-state index contributed by atoms with van der Waals surface area (Å²) in [6, 6.07) is 53.4. The van der Waals surface area contributed by atoms with E-state index in [0.717, 1.165) is 118 Å². The van der Waals surface area contributed by atoms with Crippen molar-refractivity contribution in [3.8, 4) is 88.3 Å². The van der Waals surface area contributed by atoms with Crippen molar-refractivity contribution in [1.29, 1.82) is 0 Å². The Morgan fingerprint density at radius 1 is 0.476 bits per heavy atom. The lowest BCUT2D eigenvalue weighted by Crippen LogP contribution is -2.43. The van der Waals surface area contributed by atoms with Crippen LogP contribution in [0.1, 0.15) is 59.7 Å². The number of amides is 2. The highest BCUT2D eigenvalue weighted by molar-refractivity contribution is 14.1. The van der Waals surface area contributed by atoms with Gasteiger partial charge in [-0.2, -0.15) is 0 Å². The quantitative estimate of drug-likeness (QED) is 0.0952. The average Bonchev–Trinajstić information content (AvgIpc) is 4.31. The lowest BCUT2D eigenvalue weighted by atomic mass is 10.0. The fourth-order valence-electron chi connectivity index (χ4n) is 11.7. The van der Waals surface area contributed by atoms with E-state index >= 15 is 0 Å². The highest BCUT2D eigenvalue weighted by atomic mass is 127. The molecular formula is C68H53I3N8O2S3. The summed E-state index contributed by atoms with van der Waals surface area (Å²) >= 11 is 11.4. The lowest BCUT2D eigenvalue weighted by molar-refractivity contribution is 0.0992. The Morgan fingerprint density at radius 2 is 0.929 bits per heavy atom. The number of nitrogens with zero attached hydrogens (tertiary/aromatic N) is 5. The van der Waals surface area contributed by atoms with E-state index in [2.05, 4.69) is 234 Å². The Morgan fingerprint density at radius 3 is 1.42 bits per heavy atom. The Labute approximate surface area is 540 Å². The number of carbonyl (C=O) groups excluding carboxylic acids is 2. The maximum absolute atomic E-state index is 12.2. The summed E-state index contributed by atoms with van der Waals surface area (Å²) in [5.74, 6) is -0.845. The van der Waals surface area contributed by atoms with Gasteiger partial charge in [-0.25, -0.2) is 15.0 Å². The first kappa shape index (κ1) is 56.6. The highest BCUT2D eigenvalue weighted by Gasteiger charge is 2.25. The van der Waals surface area contributed by atoms with Crippen molar-refractivity contribution in [2.75, 3.05) is 39.0 Å². The fraction of sp³-hybridized carbons (Fsp3) is 0.132. The van der Waals surface area contributed by atoms with Crippen LogP contribution in [0, 0.1) is 10.7 Å². The van der Waals surface area contributed by atoms with Crippen LogP contribution in [-0.4, -0.2) is 69.8 Å². The van der Waals surface area contributed by atoms with E-state index in [1.807, 2.05) is 23.6 Å². The van der Waals surface area contributed by atoms with Crippen LogP contribution in [0.5, 0.6) is 0 Å². The number of halogens is 3. The molecule has 4 heterocycles. The zero-order chi connectivity index (χ0) is 57.8. The number of carbonyl (C=O) groups is 2. The summed E-state index contributed by atoms with van der Waals surface area (Å²) in [5.41, 5.74) is 43.4. The van der Waals surface area contributed by atoms with Crippen LogP contribution in [-0.2, 0) is 25.8 Å². The molecule has 0 bridgehead atoms. The second kappa shape index (κ2) is 24.1. The number of hydrogen-bond acceptors (Lipinski definition) is 11. The van der Waals surface area contributed by atoms with Crippen LogP contribution >= 0.6 is 102 Å². The molecule has 0 unspecified atom stereocenters. The monoisotopic (exact) mass is 1490 g/mol. The van der Waals surface area contributed by atoms with Gasteiger partial charge in [0.25, 0.3) is 0 Å². The zero-order valence-corrected chi connectivity index (χ0v) is 54.4. The lowest BCUT2D eigenvalue weighted by Gasteiger charge is -2.32. The summed E-state index contributed by atoms with van der Waals surface area (Å²) in [5, 5.41) is 8.43. The van der Waals surface area contributed by atoms with Gasteiger partial charge in [-0.05, 0) is 203 Å². The zero-order valence-electron chi connectivity index (χ0n) is 45.5. The third-order valence-corrected chi connectivity index (χ3v) is 23.5. The molecular weight excluding hydrogens is 1440 g/mol. The van der Waals surface area contributed by atoms with Gasteiger partial charge in [0.15, 0.2) is 5.13 Å². The minimum absolute atomic E-state index is 0.418. The van der Waals surface area contributed by atoms with Crippen LogP contribution in [0.4, 0.5) is 5.13 Å². The number of hydrogen-bond donors (Lipinski definition) is 3. The minimum atomic E-state index is -0.427. The van der Waals surface area contributed by atoms with Crippen molar-refractivity contribution >= 4 is 119 Å². The van der Waals surface area contributed by atoms with Crippen LogP contribution < -0.4 is 17.2 Å². The maximum atomic E-state index is 12.2. The Hall–Kier alpha value is -6.50. The standard InChI is InChI=1S/C29H28N4OS.C23H13I3N2OS.C16H12N2S/c1-32-10-12-33(13-11-32)17-19-6-8-25(28(30)34)26(14-19)29-31-27(18-35-29)21-7-9-24-22(16-21)15-20-4-2-3-5-23(20)24;24-17-9-16(22(27)29)19(21(26)20(17)25)23-28-18(10-30-23)12-5-6-15-13(8-12)7-11-3-1-2-4-14(11)15;17-16-18-15(9-19-16)11-5-6-14-12(8-11)7-10-3-1-2-4-13(10)14/h2-9,14,16,18H,10-13,15,17H2,1H3,(H2,30,34);1-6,8-10H,7H2,(H2,27,29);1-6,8-9H,7H2,(H2,17,18). The molecule has 2 amide bonds. The predicted octanol–water partition coefficient (Wildman–Crippen LogP) is 15.8. The highest BCUT2D eigenvalue weighted by Crippen LogP contribution is 2.44. The third kappa shape index (κ3) is 11.4. The van der Waals surface area contributed by atoms with E-state index in [4.69, 9.17) is 27.2 Å². The van der Waals surface area contributed by atoms with Gasteiger partial charge in [0.1, 0.15) is 10.0 Å². The molecule has 1 saturated heterocycles. The summed E-state index contributed by atoms with van der Waals surface area (Å²) < 4.78 is 3.14. The first-order chi connectivity index (χ1) is 40.8. The number of likely N-dealkylation sites (N-methyl/N-ethyl adjacent to an activating group) is 1. The normalized spacial score (nSPS) is 13.6. The summed E-state index contributed by atoms with van der Waals surface area (Å²) in [6.45, 7) is 5.12. The van der Waals surface area contributed by atoms with Crippen LogP contribution in [0.3, 0.4) is 0 Å². The molecule has 0 radical (unpaired) electrons. The largest absolute Gasteiger partial charge is 0.375 e. The molecule has 6 N–H and O–H groups in total. The first-order valence-electron chi connectivity index (χ1n) is 27.4. The van der Waals surface area contributed by atoms with Crippen molar-refractivity contribution in [1.82, 2.24) is 24.8 Å². The molecule has 1 fully saturated rings. The number of benzene rings is 8. The number of thiazole rings is 3. The molecule has 15 rings (SSSR count). The van der Waals surface area contributed by atoms with E-state index in [9.17, 15) is 9.59 Å². The number of piperazine rings is 1. The predicted molar refractivity (Wildman–Crippen MR) is 371 cm³/mol. The molecule has 3 aromatic heterocycles. The summed E-state index contributed by atoms with van der Waals surface area (Å²) in [7, 11) is 2.16. The van der Waals surface area contributed by atoms with Crippen molar-refractivity contribution in [3.63, 3.8) is 0 Å². The van der Waals surface area contributed by atoms with Crippen LogP contribution in [0.25, 0.3) is 88.3 Å². The summed E-state index contributed by atoms with van der Waals surface area (Å²) in [4.78, 5) is 43.4. The number of nitrogens with two attached hydrogens (primary N) is 3. The summed E-state index contributed by atoms with van der Waals surface area (Å²) in [6.07, 6.45) is 2.92. The fourth-order valence-corrected chi connectivity index (χ4v) is 16.6. The molecule has 11 aromatic rings. The molecule has 0 spiro atoms. The van der Waals surface area contributed by atoms with E-state index in [1.165, 1.54) is 83.7 Å². The van der Waals surface area contributed by atoms with E-state index in [1.54, 1.807) is 22.7 Å². The van der Waals surface area contributed by atoms with Crippen LogP contribution in [0.2, 0.25) is 0 Å². The SMILES string of the molecule is CN1CCN(Cc2ccc(C(N)=O)c(-c3nc(-c4ccc5c(c4)Cc4ccccc4-5)cs3)c2)CC1.NC(=O)c1cc(I)c(I)c(I)c1-c1nc(-c2ccc3c(c2)Cc2ccccc2-3)cs1.Nc1nc(-c2ccc3c(c2)Cc2ccccc2-3)cs1. The molecule has 8 aromatic carbocycles. The topological polar surface area (TPSA) is 157 Å². The third-order valence-electron chi connectivity index (χ3n) is 16.0. The van der Waals surface area contributed by atoms with Gasteiger partial charge in [0.05, 0.1) is 22.6 Å². The second-order valence-corrected chi connectivity index (χ2v) is 27.3. The van der Waals surface area contributed by atoms with E-state index in [-0.39, 0.29) is 0 Å². The molecule has 0 atom stereocenters. The van der Waals surface area contributed by atoms with Crippen molar-refractivity contribution in [2.45, 2.75) is 25.8 Å². The maximum Gasteiger partial charge on any atom is 0.249 e. The van der Waals surface area contributed by atoms with Crippen molar-refractivity contribution < 1.29 is 9.59 Å². The molecule has 1 aliphatic heterocycles. The Bertz CT molecular complexity index is 4410. The van der Waals surface area contributed by atoms with Gasteiger partial charge < -0.3 is 22.1 Å². The molecule has 0 saturated carbocycles. The molecule has 416 valence electrons. The van der Waals surface area contributed by atoms with Gasteiger partial charge in [0, 0.05) is 93.0 Å². The molecule has 16 heteroatoms. The number of aromatic nitrogens is 3. The molecule has 84 heavy (non-hydrogen) atoms. The van der Waals surface area contributed by atoms with Gasteiger partial charge in [-0.3, -0.25) is 14.5 Å².